The molecule has 1 amide bonds. The highest BCUT2D eigenvalue weighted by Gasteiger charge is 2.13. The fourth-order valence-electron chi connectivity index (χ4n) is 1.87. The monoisotopic (exact) mass is 335 g/mol. The number of nitrogens with one attached hydrogen (secondary N) is 1. The number of carbonyl (C=O) groups excluding carboxylic acids is 1. The lowest BCUT2D eigenvalue weighted by Crippen LogP contribution is -2.37. The molecule has 1 aromatic carbocycles. The standard InChI is InChI=1S/C17H21NO4S/c1-13(22-15-7-5-14(20-2)6-8-15)17(19)18-9-11-23-12-16-4-3-10-21-16/h3-8,10,13H,9,11-12H2,1-2H3,(H,18,19)/t13-/m1/s1. The van der Waals surface area contributed by atoms with Crippen molar-refractivity contribution in [2.75, 3.05) is 19.4 Å². The first-order valence-electron chi connectivity index (χ1n) is 7.37. The Bertz CT molecular complexity index is 583. The molecule has 0 aliphatic carbocycles. The molecule has 1 atom stereocenters. The van der Waals surface area contributed by atoms with Gasteiger partial charge in [0.2, 0.25) is 0 Å². The van der Waals surface area contributed by atoms with E-state index >= 15 is 0 Å². The van der Waals surface area contributed by atoms with Gasteiger partial charge in [0.05, 0.1) is 19.1 Å². The van der Waals surface area contributed by atoms with Crippen LogP contribution in [0.1, 0.15) is 12.7 Å². The fourth-order valence-corrected chi connectivity index (χ4v) is 2.63. The molecular weight excluding hydrogens is 314 g/mol. The zero-order chi connectivity index (χ0) is 16.5. The Morgan fingerprint density at radius 1 is 1.26 bits per heavy atom. The van der Waals surface area contributed by atoms with Gasteiger partial charge in [-0.15, -0.1) is 0 Å². The molecule has 2 aromatic rings. The van der Waals surface area contributed by atoms with Crippen LogP contribution in [-0.4, -0.2) is 31.4 Å². The second kappa shape index (κ2) is 9.15. The molecule has 0 bridgehead atoms. The number of furan rings is 1. The number of amides is 1. The Balaban J connectivity index is 1.63. The lowest BCUT2D eigenvalue weighted by Gasteiger charge is -2.14. The quantitative estimate of drug-likeness (QED) is 0.714. The molecule has 6 heteroatoms. The molecule has 0 aliphatic heterocycles. The summed E-state index contributed by atoms with van der Waals surface area (Å²) in [6.07, 6.45) is 1.12. The van der Waals surface area contributed by atoms with Crippen LogP contribution in [0.5, 0.6) is 11.5 Å². The van der Waals surface area contributed by atoms with Crippen LogP contribution < -0.4 is 14.8 Å². The fraction of sp³-hybridized carbons (Fsp3) is 0.353. The maximum Gasteiger partial charge on any atom is 0.260 e. The van der Waals surface area contributed by atoms with Gasteiger partial charge in [-0.25, -0.2) is 0 Å². The van der Waals surface area contributed by atoms with Gasteiger partial charge in [0.1, 0.15) is 17.3 Å². The first-order chi connectivity index (χ1) is 11.2. The zero-order valence-electron chi connectivity index (χ0n) is 13.3. The van der Waals surface area contributed by atoms with Crippen molar-refractivity contribution in [2.45, 2.75) is 18.8 Å². The second-order valence-electron chi connectivity index (χ2n) is 4.86. The maximum atomic E-state index is 12.0. The topological polar surface area (TPSA) is 60.7 Å². The summed E-state index contributed by atoms with van der Waals surface area (Å²) in [4.78, 5) is 12.0. The van der Waals surface area contributed by atoms with Crippen molar-refractivity contribution in [1.29, 1.82) is 0 Å². The van der Waals surface area contributed by atoms with E-state index in [9.17, 15) is 4.79 Å². The van der Waals surface area contributed by atoms with Crippen LogP contribution in [0.25, 0.3) is 0 Å². The van der Waals surface area contributed by atoms with Crippen LogP contribution in [0.3, 0.4) is 0 Å². The molecule has 0 spiro atoms. The average Bonchev–Trinajstić information content (AvgIpc) is 3.08. The van der Waals surface area contributed by atoms with Crippen LogP contribution in [0.15, 0.2) is 47.1 Å². The smallest absolute Gasteiger partial charge is 0.260 e. The third kappa shape index (κ3) is 5.90. The normalized spacial score (nSPS) is 11.7. The number of rotatable bonds is 9. The van der Waals surface area contributed by atoms with Gasteiger partial charge < -0.3 is 19.2 Å². The third-order valence-electron chi connectivity index (χ3n) is 3.11. The second-order valence-corrected chi connectivity index (χ2v) is 5.96. The molecular formula is C17H21NO4S. The highest BCUT2D eigenvalue weighted by Crippen LogP contribution is 2.18. The summed E-state index contributed by atoms with van der Waals surface area (Å²) in [7, 11) is 1.61. The molecule has 1 heterocycles. The summed E-state index contributed by atoms with van der Waals surface area (Å²) in [5.41, 5.74) is 0. The van der Waals surface area contributed by atoms with Crippen LogP contribution in [0.4, 0.5) is 0 Å². The largest absolute Gasteiger partial charge is 0.497 e. The van der Waals surface area contributed by atoms with Crippen molar-refractivity contribution in [3.63, 3.8) is 0 Å². The van der Waals surface area contributed by atoms with Crippen LogP contribution in [-0.2, 0) is 10.5 Å². The van der Waals surface area contributed by atoms with Crippen molar-refractivity contribution in [1.82, 2.24) is 5.32 Å². The van der Waals surface area contributed by atoms with Crippen LogP contribution in [0, 0.1) is 0 Å². The van der Waals surface area contributed by atoms with Crippen molar-refractivity contribution in [3.8, 4) is 11.5 Å². The number of hydrogen-bond donors (Lipinski definition) is 1. The summed E-state index contributed by atoms with van der Waals surface area (Å²) in [6.45, 7) is 2.33. The highest BCUT2D eigenvalue weighted by atomic mass is 32.2. The number of ether oxygens (including phenoxy) is 2. The van der Waals surface area contributed by atoms with Gasteiger partial charge in [-0.1, -0.05) is 0 Å². The van der Waals surface area contributed by atoms with Gasteiger partial charge in [0.25, 0.3) is 5.91 Å². The van der Waals surface area contributed by atoms with Crippen molar-refractivity contribution in [2.24, 2.45) is 0 Å². The van der Waals surface area contributed by atoms with Gasteiger partial charge >= 0.3 is 0 Å². The Hall–Kier alpha value is -2.08. The lowest BCUT2D eigenvalue weighted by atomic mass is 10.3. The molecule has 2 rings (SSSR count). The van der Waals surface area contributed by atoms with E-state index in [0.29, 0.717) is 12.3 Å². The molecule has 0 saturated heterocycles. The zero-order valence-corrected chi connectivity index (χ0v) is 14.1. The minimum absolute atomic E-state index is 0.126. The van der Waals surface area contributed by atoms with Gasteiger partial charge in [0.15, 0.2) is 6.10 Å². The first-order valence-corrected chi connectivity index (χ1v) is 8.53. The lowest BCUT2D eigenvalue weighted by molar-refractivity contribution is -0.127. The Labute approximate surface area is 140 Å². The molecule has 0 aliphatic rings. The number of carbonyl (C=O) groups is 1. The van der Waals surface area contributed by atoms with Crippen LogP contribution >= 0.6 is 11.8 Å². The SMILES string of the molecule is COc1ccc(O[C@H](C)C(=O)NCCSCc2ccco2)cc1. The van der Waals surface area contributed by atoms with E-state index in [2.05, 4.69) is 5.32 Å². The number of hydrogen-bond acceptors (Lipinski definition) is 5. The van der Waals surface area contributed by atoms with E-state index in [1.165, 1.54) is 0 Å². The Morgan fingerprint density at radius 3 is 2.65 bits per heavy atom. The highest BCUT2D eigenvalue weighted by molar-refractivity contribution is 7.98. The third-order valence-corrected chi connectivity index (χ3v) is 4.09. The van der Waals surface area contributed by atoms with E-state index in [1.54, 1.807) is 56.3 Å². The molecule has 23 heavy (non-hydrogen) atoms. The molecule has 1 N–H and O–H groups in total. The minimum Gasteiger partial charge on any atom is -0.497 e. The van der Waals surface area contributed by atoms with Crippen molar-refractivity contribution < 1.29 is 18.7 Å². The summed E-state index contributed by atoms with van der Waals surface area (Å²) in [5, 5.41) is 2.87. The van der Waals surface area contributed by atoms with Gasteiger partial charge in [-0.3, -0.25) is 4.79 Å². The Morgan fingerprint density at radius 2 is 2.00 bits per heavy atom. The van der Waals surface area contributed by atoms with E-state index < -0.39 is 6.10 Å². The van der Waals surface area contributed by atoms with Gasteiger partial charge in [-0.2, -0.15) is 11.8 Å². The van der Waals surface area contributed by atoms with Crippen LogP contribution in [0.2, 0.25) is 0 Å². The average molecular weight is 335 g/mol. The van der Waals surface area contributed by atoms with E-state index in [1.807, 2.05) is 12.1 Å². The molecule has 124 valence electrons. The number of benzene rings is 1. The van der Waals surface area contributed by atoms with E-state index in [-0.39, 0.29) is 5.91 Å². The summed E-state index contributed by atoms with van der Waals surface area (Å²) < 4.78 is 15.9. The molecule has 5 nitrogen and oxygen atoms in total. The summed E-state index contributed by atoms with van der Waals surface area (Å²) in [6, 6.07) is 11.0. The summed E-state index contributed by atoms with van der Waals surface area (Å²) in [5.74, 6) is 3.84. The molecule has 0 radical (unpaired) electrons. The van der Waals surface area contributed by atoms with E-state index in [4.69, 9.17) is 13.9 Å². The predicted octanol–water partition coefficient (Wildman–Crippen LogP) is 3.11. The summed E-state index contributed by atoms with van der Waals surface area (Å²) >= 11 is 1.71. The minimum atomic E-state index is -0.543. The predicted molar refractivity (Wildman–Crippen MR) is 91.0 cm³/mol. The molecule has 0 fully saturated rings. The molecule has 0 saturated carbocycles. The first kappa shape index (κ1) is 17.3. The molecule has 0 unspecified atom stereocenters. The Kier molecular flexibility index (Phi) is 6.87. The van der Waals surface area contributed by atoms with Gasteiger partial charge in [0, 0.05) is 12.3 Å². The molecule has 1 aromatic heterocycles. The van der Waals surface area contributed by atoms with Gasteiger partial charge in [-0.05, 0) is 43.3 Å². The maximum absolute atomic E-state index is 12.0. The van der Waals surface area contributed by atoms with E-state index in [0.717, 1.165) is 23.0 Å². The van der Waals surface area contributed by atoms with Crippen molar-refractivity contribution in [3.05, 3.63) is 48.4 Å². The van der Waals surface area contributed by atoms with Crippen molar-refractivity contribution >= 4 is 17.7 Å². The number of methoxy groups -OCH3 is 1. The number of thioether (sulfide) groups is 1.